The van der Waals surface area contributed by atoms with Crippen molar-refractivity contribution < 1.29 is 18.0 Å². The molecule has 0 bridgehead atoms. The highest BCUT2D eigenvalue weighted by Crippen LogP contribution is 2.36. The number of hydrogen-bond donors (Lipinski definition) is 5. The smallest absolute Gasteiger partial charge is 0.399 e. The minimum absolute atomic E-state index is 0.400. The van der Waals surface area contributed by atoms with Crippen LogP contribution in [0.25, 0.3) is 22.2 Å². The predicted molar refractivity (Wildman–Crippen MR) is 157 cm³/mol. The van der Waals surface area contributed by atoms with Gasteiger partial charge in [-0.15, -0.1) is 0 Å². The lowest BCUT2D eigenvalue weighted by molar-refractivity contribution is -0.137. The number of halogens is 3. The zero-order valence-electron chi connectivity index (χ0n) is 22.7. The van der Waals surface area contributed by atoms with E-state index < -0.39 is 23.8 Å². The number of hydrogen-bond acceptors (Lipinski definition) is 5. The lowest BCUT2D eigenvalue weighted by Gasteiger charge is -2.32. The highest BCUT2D eigenvalue weighted by molar-refractivity contribution is 5.94. The first kappa shape index (κ1) is 28.7. The highest BCUT2D eigenvalue weighted by Gasteiger charge is 2.30. The molecular formula is C31H35F3N6O. The molecular weight excluding hydrogens is 529 g/mol. The Hall–Kier alpha value is -3.86. The van der Waals surface area contributed by atoms with Crippen LogP contribution in [0.2, 0.25) is 0 Å². The van der Waals surface area contributed by atoms with Crippen LogP contribution in [0.1, 0.15) is 41.9 Å². The van der Waals surface area contributed by atoms with Crippen LogP contribution < -0.4 is 22.5 Å². The van der Waals surface area contributed by atoms with E-state index >= 15 is 0 Å². The minimum atomic E-state index is -4.37. The average Bonchev–Trinajstić information content (AvgIpc) is 3.30. The summed E-state index contributed by atoms with van der Waals surface area (Å²) in [7, 11) is 0. The summed E-state index contributed by atoms with van der Waals surface area (Å²) in [6, 6.07) is 18.8. The van der Waals surface area contributed by atoms with Crippen LogP contribution in [0.15, 0.2) is 66.7 Å². The van der Waals surface area contributed by atoms with E-state index in [0.29, 0.717) is 17.3 Å². The van der Waals surface area contributed by atoms with Crippen molar-refractivity contribution in [2.24, 2.45) is 11.5 Å². The van der Waals surface area contributed by atoms with Gasteiger partial charge in [-0.2, -0.15) is 13.2 Å². The first-order valence-corrected chi connectivity index (χ1v) is 13.8. The number of alkyl halides is 3. The van der Waals surface area contributed by atoms with Gasteiger partial charge in [-0.25, -0.2) is 0 Å². The number of nitrogens with two attached hydrogens (primary N) is 3. The van der Waals surface area contributed by atoms with Crippen molar-refractivity contribution in [3.63, 3.8) is 0 Å². The number of nitrogens with zero attached hydrogens (tertiary/aromatic N) is 1. The molecule has 0 radical (unpaired) electrons. The fourth-order valence-corrected chi connectivity index (χ4v) is 5.66. The highest BCUT2D eigenvalue weighted by atomic mass is 19.4. The topological polar surface area (TPSA) is 126 Å². The molecule has 0 spiro atoms. The van der Waals surface area contributed by atoms with Crippen molar-refractivity contribution in [2.45, 2.75) is 43.9 Å². The number of carbonyl (C=O) groups excluding carboxylic acids is 1. The van der Waals surface area contributed by atoms with E-state index in [-0.39, 0.29) is 0 Å². The number of aryl methyl sites for hydroxylation is 1. The summed E-state index contributed by atoms with van der Waals surface area (Å²) in [4.78, 5) is 17.7. The first-order valence-electron chi connectivity index (χ1n) is 13.8. The van der Waals surface area contributed by atoms with Gasteiger partial charge in [0.15, 0.2) is 0 Å². The van der Waals surface area contributed by atoms with Gasteiger partial charge in [0, 0.05) is 28.0 Å². The third-order valence-electron chi connectivity index (χ3n) is 7.85. The molecule has 216 valence electrons. The number of amides is 1. The van der Waals surface area contributed by atoms with E-state index in [1.54, 1.807) is 0 Å². The predicted octanol–water partition coefficient (Wildman–Crippen LogP) is 5.43. The van der Waals surface area contributed by atoms with Crippen molar-refractivity contribution in [2.75, 3.05) is 30.7 Å². The maximum atomic E-state index is 13.1. The number of aromatic amines is 1. The van der Waals surface area contributed by atoms with Gasteiger partial charge >= 0.3 is 6.18 Å². The van der Waals surface area contributed by atoms with Crippen LogP contribution in [0.4, 0.5) is 24.5 Å². The number of piperidine rings is 1. The second-order valence-electron chi connectivity index (χ2n) is 10.7. The number of H-pyrrole nitrogens is 1. The third kappa shape index (κ3) is 6.73. The number of benzene rings is 3. The molecule has 0 atom stereocenters. The van der Waals surface area contributed by atoms with Gasteiger partial charge in [-0.05, 0) is 110 Å². The Morgan fingerprint density at radius 2 is 1.76 bits per heavy atom. The second kappa shape index (κ2) is 11.9. The van der Waals surface area contributed by atoms with Crippen molar-refractivity contribution in [3.05, 3.63) is 83.4 Å². The molecule has 1 aliphatic rings. The van der Waals surface area contributed by atoms with E-state index in [4.69, 9.17) is 17.2 Å². The van der Waals surface area contributed by atoms with Gasteiger partial charge in [0.25, 0.3) is 5.91 Å². The Bertz CT molecular complexity index is 1500. The Morgan fingerprint density at radius 1 is 1.02 bits per heavy atom. The molecule has 1 fully saturated rings. The van der Waals surface area contributed by atoms with Gasteiger partial charge in [-0.1, -0.05) is 24.3 Å². The molecule has 3 aromatic carbocycles. The molecule has 8 N–H and O–H groups in total. The third-order valence-corrected chi connectivity index (χ3v) is 7.85. The van der Waals surface area contributed by atoms with E-state index in [1.807, 2.05) is 36.4 Å². The Morgan fingerprint density at radius 3 is 2.44 bits per heavy atom. The lowest BCUT2D eigenvalue weighted by atomic mass is 9.89. The molecule has 41 heavy (non-hydrogen) atoms. The van der Waals surface area contributed by atoms with Gasteiger partial charge < -0.3 is 32.4 Å². The number of rotatable bonds is 8. The van der Waals surface area contributed by atoms with Crippen molar-refractivity contribution in [3.8, 4) is 11.3 Å². The summed E-state index contributed by atoms with van der Waals surface area (Å²) < 4.78 is 39.4. The van der Waals surface area contributed by atoms with Gasteiger partial charge in [0.05, 0.1) is 5.56 Å². The summed E-state index contributed by atoms with van der Waals surface area (Å²) in [5.41, 5.74) is 22.4. The van der Waals surface area contributed by atoms with Crippen LogP contribution in [0.5, 0.6) is 0 Å². The number of carbonyl (C=O) groups is 1. The van der Waals surface area contributed by atoms with Crippen molar-refractivity contribution in [1.82, 2.24) is 9.88 Å². The molecule has 4 aromatic rings. The molecule has 1 aromatic heterocycles. The second-order valence-corrected chi connectivity index (χ2v) is 10.7. The van der Waals surface area contributed by atoms with Crippen LogP contribution in [0.3, 0.4) is 0 Å². The van der Waals surface area contributed by atoms with E-state index in [1.165, 1.54) is 17.7 Å². The van der Waals surface area contributed by atoms with Gasteiger partial charge in [0.2, 0.25) is 0 Å². The molecule has 0 saturated carbocycles. The number of fused-ring (bicyclic) bond motifs is 1. The van der Waals surface area contributed by atoms with Gasteiger partial charge in [-0.3, -0.25) is 4.79 Å². The van der Waals surface area contributed by atoms with Crippen molar-refractivity contribution >= 4 is 28.2 Å². The number of aromatic nitrogens is 1. The summed E-state index contributed by atoms with van der Waals surface area (Å²) in [6.07, 6.45) is -1.75. The van der Waals surface area contributed by atoms with Crippen molar-refractivity contribution in [1.29, 1.82) is 0 Å². The van der Waals surface area contributed by atoms with Crippen LogP contribution >= 0.6 is 0 Å². The quantitative estimate of drug-likeness (QED) is 0.144. The first-order chi connectivity index (χ1) is 19.6. The summed E-state index contributed by atoms with van der Waals surface area (Å²) in [5, 5.41) is 3.75. The average molecular weight is 565 g/mol. The summed E-state index contributed by atoms with van der Waals surface area (Å²) in [5.74, 6) is -0.0196. The van der Waals surface area contributed by atoms with E-state index in [0.717, 1.165) is 85.2 Å². The molecule has 0 aliphatic carbocycles. The largest absolute Gasteiger partial charge is 0.416 e. The molecule has 5 rings (SSSR count). The Balaban J connectivity index is 1.23. The molecule has 1 aliphatic heterocycles. The zero-order chi connectivity index (χ0) is 29.1. The monoisotopic (exact) mass is 564 g/mol. The fourth-order valence-electron chi connectivity index (χ4n) is 5.66. The number of nitrogen functional groups attached to an aromatic ring is 1. The van der Waals surface area contributed by atoms with Crippen LogP contribution in [0, 0.1) is 0 Å². The summed E-state index contributed by atoms with van der Waals surface area (Å²) in [6.45, 7) is 2.84. The van der Waals surface area contributed by atoms with Gasteiger partial charge in [0.1, 0.15) is 6.17 Å². The Labute approximate surface area is 236 Å². The molecule has 7 nitrogen and oxygen atoms in total. The fraction of sp³-hybridized carbons (Fsp3) is 0.323. The van der Waals surface area contributed by atoms with E-state index in [9.17, 15) is 18.0 Å². The normalized spacial score (nSPS) is 15.1. The van der Waals surface area contributed by atoms with Crippen LogP contribution in [-0.4, -0.2) is 41.6 Å². The Kier molecular flexibility index (Phi) is 8.35. The summed E-state index contributed by atoms with van der Waals surface area (Å²) >= 11 is 0. The van der Waals surface area contributed by atoms with E-state index in [2.05, 4.69) is 21.3 Å². The zero-order valence-corrected chi connectivity index (χ0v) is 22.7. The number of likely N-dealkylation sites (tertiary alicyclic amines) is 1. The molecule has 0 unspecified atom stereocenters. The maximum absolute atomic E-state index is 13.1. The van der Waals surface area contributed by atoms with Crippen LogP contribution in [-0.2, 0) is 17.4 Å². The number of nitrogens with one attached hydrogen (secondary N) is 2. The maximum Gasteiger partial charge on any atom is 0.416 e. The standard InChI is InChI=1S/C31H35F3N6O/c32-31(33,34)22-8-6-20(7-9-22)28-25(26-18-23(35)10-11-27(26)39-28)5-2-14-40-15-12-19(13-16-40)21-3-1-4-24(17-21)38-30(41)29(36)37/h1,3-4,6-11,17-19,29,39H,2,5,12-16,35-37H2,(H,38,41). The number of anilines is 2. The molecule has 2 heterocycles. The molecule has 10 heteroatoms. The molecule has 1 amide bonds. The lowest BCUT2D eigenvalue weighted by Crippen LogP contribution is -2.43. The molecule has 1 saturated heterocycles. The SMILES string of the molecule is Nc1ccc2[nH]c(-c3ccc(C(F)(F)F)cc3)c(CCCN3CCC(c4cccc(NC(=O)C(N)N)c4)CC3)c2c1. The minimum Gasteiger partial charge on any atom is -0.399 e.